The van der Waals surface area contributed by atoms with E-state index >= 15 is 0 Å². The summed E-state index contributed by atoms with van der Waals surface area (Å²) >= 11 is 0. The Morgan fingerprint density at radius 1 is 1.17 bits per heavy atom. The predicted octanol–water partition coefficient (Wildman–Crippen LogP) is 4.23. The number of aliphatic hydroxyl groups is 1. The van der Waals surface area contributed by atoms with E-state index in [0.29, 0.717) is 18.7 Å². The Bertz CT molecular complexity index is 1040. The number of hydrogen-bond donors (Lipinski definition) is 1. The minimum absolute atomic E-state index is 0.0253. The van der Waals surface area contributed by atoms with Crippen LogP contribution in [0.3, 0.4) is 0 Å². The van der Waals surface area contributed by atoms with Gasteiger partial charge in [0.2, 0.25) is 5.88 Å². The summed E-state index contributed by atoms with van der Waals surface area (Å²) in [5, 5.41) is 9.01. The third-order valence-corrected chi connectivity index (χ3v) is 5.01. The average molecular weight is 389 g/mol. The first-order valence-corrected chi connectivity index (χ1v) is 9.76. The summed E-state index contributed by atoms with van der Waals surface area (Å²) in [6.45, 7) is 2.77. The number of aromatic nitrogens is 2. The van der Waals surface area contributed by atoms with Gasteiger partial charge < -0.3 is 14.7 Å². The summed E-state index contributed by atoms with van der Waals surface area (Å²) in [5.74, 6) is 2.02. The smallest absolute Gasteiger partial charge is 0.224 e. The van der Waals surface area contributed by atoms with Crippen LogP contribution in [-0.2, 0) is 6.42 Å². The fourth-order valence-corrected chi connectivity index (χ4v) is 3.64. The number of carbonyl (C=O) groups is 1. The lowest BCUT2D eigenvalue weighted by molar-refractivity contribution is 0.0970. The summed E-state index contributed by atoms with van der Waals surface area (Å²) in [7, 11) is 0. The minimum Gasteiger partial charge on any atom is -0.439 e. The van der Waals surface area contributed by atoms with E-state index in [1.807, 2.05) is 55.5 Å². The number of hydrogen-bond acceptors (Lipinski definition) is 6. The first-order chi connectivity index (χ1) is 14.2. The molecule has 29 heavy (non-hydrogen) atoms. The fraction of sp³-hybridized carbons (Fsp3) is 0.261. The van der Waals surface area contributed by atoms with Crippen molar-refractivity contribution in [2.75, 3.05) is 18.1 Å². The van der Waals surface area contributed by atoms with E-state index in [1.54, 1.807) is 0 Å². The van der Waals surface area contributed by atoms with E-state index < -0.39 is 0 Å². The van der Waals surface area contributed by atoms with Crippen molar-refractivity contribution in [3.63, 3.8) is 0 Å². The maximum atomic E-state index is 12.5. The van der Waals surface area contributed by atoms with Gasteiger partial charge in [-0.3, -0.25) is 4.79 Å². The van der Waals surface area contributed by atoms with Crippen LogP contribution in [0.25, 0.3) is 0 Å². The molecule has 0 amide bonds. The van der Waals surface area contributed by atoms with Gasteiger partial charge in [-0.1, -0.05) is 24.3 Å². The van der Waals surface area contributed by atoms with Crippen molar-refractivity contribution >= 4 is 17.3 Å². The van der Waals surface area contributed by atoms with Gasteiger partial charge in [-0.05, 0) is 49.1 Å². The Morgan fingerprint density at radius 2 is 2.03 bits per heavy atom. The van der Waals surface area contributed by atoms with E-state index in [9.17, 15) is 4.79 Å². The lowest BCUT2D eigenvalue weighted by Gasteiger charge is -2.19. The molecule has 0 radical (unpaired) electrons. The van der Waals surface area contributed by atoms with Crippen molar-refractivity contribution in [1.82, 2.24) is 9.97 Å². The number of aryl methyl sites for hydroxylation is 1. The number of ketones is 1. The Labute approximate surface area is 169 Å². The number of anilines is 2. The van der Waals surface area contributed by atoms with Crippen molar-refractivity contribution in [1.29, 1.82) is 0 Å². The second kappa shape index (κ2) is 8.41. The number of ether oxygens (including phenoxy) is 1. The molecule has 2 heterocycles. The van der Waals surface area contributed by atoms with Crippen molar-refractivity contribution < 1.29 is 14.6 Å². The molecule has 1 aromatic heterocycles. The molecular formula is C23H23N3O3. The zero-order valence-corrected chi connectivity index (χ0v) is 16.3. The van der Waals surface area contributed by atoms with Crippen LogP contribution in [-0.4, -0.2) is 34.0 Å². The zero-order valence-electron chi connectivity index (χ0n) is 16.3. The molecule has 0 bridgehead atoms. The molecule has 1 aliphatic heterocycles. The van der Waals surface area contributed by atoms with Gasteiger partial charge in [0.1, 0.15) is 17.9 Å². The summed E-state index contributed by atoms with van der Waals surface area (Å²) in [6, 6.07) is 15.4. The number of Topliss-reactive ketones (excluding diaryl/α,β-unsaturated/α-hetero) is 1. The van der Waals surface area contributed by atoms with Crippen molar-refractivity contribution in [2.45, 2.75) is 26.2 Å². The monoisotopic (exact) mass is 389 g/mol. The second-order valence-electron chi connectivity index (χ2n) is 7.09. The van der Waals surface area contributed by atoms with E-state index in [2.05, 4.69) is 14.9 Å². The summed E-state index contributed by atoms with van der Waals surface area (Å²) in [5.41, 5.74) is 3.88. The van der Waals surface area contributed by atoms with Gasteiger partial charge in [0, 0.05) is 36.9 Å². The summed E-state index contributed by atoms with van der Waals surface area (Å²) < 4.78 is 5.90. The number of rotatable bonds is 7. The van der Waals surface area contributed by atoms with Crippen LogP contribution >= 0.6 is 0 Å². The summed E-state index contributed by atoms with van der Waals surface area (Å²) in [4.78, 5) is 23.3. The number of fused-ring (bicyclic) bond motifs is 1. The SMILES string of the molecule is Cc1cccc(Oc2cc(N3CCc4c(C(=O)CCCO)cccc43)ncn2)c1. The first kappa shape index (κ1) is 19.1. The van der Waals surface area contributed by atoms with Crippen LogP contribution in [0.15, 0.2) is 54.9 Å². The molecule has 0 atom stereocenters. The van der Waals surface area contributed by atoms with Crippen LogP contribution in [0.5, 0.6) is 11.6 Å². The highest BCUT2D eigenvalue weighted by atomic mass is 16.5. The predicted molar refractivity (Wildman–Crippen MR) is 111 cm³/mol. The minimum atomic E-state index is 0.0253. The second-order valence-corrected chi connectivity index (χ2v) is 7.09. The number of aliphatic hydroxyl groups excluding tert-OH is 1. The average Bonchev–Trinajstić information content (AvgIpc) is 3.16. The lowest BCUT2D eigenvalue weighted by atomic mass is 9.99. The normalized spacial score (nSPS) is 12.7. The molecule has 0 saturated heterocycles. The lowest BCUT2D eigenvalue weighted by Crippen LogP contribution is -2.15. The van der Waals surface area contributed by atoms with Crippen LogP contribution in [0, 0.1) is 6.92 Å². The van der Waals surface area contributed by atoms with E-state index in [-0.39, 0.29) is 12.4 Å². The fourth-order valence-electron chi connectivity index (χ4n) is 3.64. The maximum Gasteiger partial charge on any atom is 0.224 e. The molecule has 3 aromatic rings. The highest BCUT2D eigenvalue weighted by Gasteiger charge is 2.26. The number of nitrogens with zero attached hydrogens (tertiary/aromatic N) is 3. The van der Waals surface area contributed by atoms with Gasteiger partial charge in [0.05, 0.1) is 0 Å². The van der Waals surface area contributed by atoms with E-state index in [1.165, 1.54) is 6.33 Å². The molecule has 6 heteroatoms. The molecule has 6 nitrogen and oxygen atoms in total. The Balaban J connectivity index is 1.59. The molecular weight excluding hydrogens is 366 g/mol. The molecule has 1 N–H and O–H groups in total. The molecule has 0 spiro atoms. The van der Waals surface area contributed by atoms with E-state index in [4.69, 9.17) is 9.84 Å². The molecule has 2 aromatic carbocycles. The first-order valence-electron chi connectivity index (χ1n) is 9.76. The van der Waals surface area contributed by atoms with Crippen LogP contribution < -0.4 is 9.64 Å². The standard InChI is InChI=1S/C23H23N3O3/c1-16-5-2-6-17(13-16)29-23-14-22(24-15-25-23)26-11-10-18-19(7-3-8-20(18)26)21(28)9-4-12-27/h2-3,5-8,13-15,27H,4,9-12H2,1H3. The van der Waals surface area contributed by atoms with Gasteiger partial charge in [-0.15, -0.1) is 0 Å². The largest absolute Gasteiger partial charge is 0.439 e. The van der Waals surface area contributed by atoms with Crippen molar-refractivity contribution in [3.8, 4) is 11.6 Å². The molecule has 4 rings (SSSR count). The molecule has 0 unspecified atom stereocenters. The third-order valence-electron chi connectivity index (χ3n) is 5.01. The topological polar surface area (TPSA) is 75.5 Å². The highest BCUT2D eigenvalue weighted by molar-refractivity contribution is 5.99. The van der Waals surface area contributed by atoms with Gasteiger partial charge >= 0.3 is 0 Å². The maximum absolute atomic E-state index is 12.5. The number of carbonyl (C=O) groups excluding carboxylic acids is 1. The molecule has 148 valence electrons. The highest BCUT2D eigenvalue weighted by Crippen LogP contribution is 2.37. The number of benzene rings is 2. The zero-order chi connectivity index (χ0) is 20.2. The van der Waals surface area contributed by atoms with Gasteiger partial charge in [0.15, 0.2) is 5.78 Å². The summed E-state index contributed by atoms with van der Waals surface area (Å²) in [6.07, 6.45) is 3.11. The Kier molecular flexibility index (Phi) is 5.53. The molecule has 0 saturated carbocycles. The van der Waals surface area contributed by atoms with Gasteiger partial charge in [-0.2, -0.15) is 0 Å². The quantitative estimate of drug-likeness (QED) is 0.610. The van der Waals surface area contributed by atoms with Crippen LogP contribution in [0.2, 0.25) is 0 Å². The molecule has 0 fully saturated rings. The molecule has 0 aliphatic carbocycles. The van der Waals surface area contributed by atoms with Gasteiger partial charge in [0.25, 0.3) is 0 Å². The van der Waals surface area contributed by atoms with Crippen molar-refractivity contribution in [2.24, 2.45) is 0 Å². The van der Waals surface area contributed by atoms with E-state index in [0.717, 1.165) is 46.9 Å². The Morgan fingerprint density at radius 3 is 2.86 bits per heavy atom. The Hall–Kier alpha value is -3.25. The van der Waals surface area contributed by atoms with Crippen molar-refractivity contribution in [3.05, 3.63) is 71.5 Å². The molecule has 1 aliphatic rings. The van der Waals surface area contributed by atoms with Crippen LogP contribution in [0.1, 0.15) is 34.3 Å². The third kappa shape index (κ3) is 4.12. The van der Waals surface area contributed by atoms with Gasteiger partial charge in [-0.25, -0.2) is 9.97 Å². The van der Waals surface area contributed by atoms with Crippen LogP contribution in [0.4, 0.5) is 11.5 Å².